The Morgan fingerprint density at radius 2 is 2.13 bits per heavy atom. The van der Waals surface area contributed by atoms with Crippen LogP contribution in [0, 0.1) is 5.41 Å². The molecular weight excluding hydrogens is 194 g/mol. The summed E-state index contributed by atoms with van der Waals surface area (Å²) >= 11 is 0. The molecule has 86 valence electrons. The molecule has 15 heavy (non-hydrogen) atoms. The second-order valence-corrected chi connectivity index (χ2v) is 4.97. The SMILES string of the molecule is CC[C@@H]1CN(CC(=O)C(C)(C)C)C(=O)O1. The molecule has 4 nitrogen and oxygen atoms in total. The zero-order valence-corrected chi connectivity index (χ0v) is 9.87. The van der Waals surface area contributed by atoms with Crippen molar-refractivity contribution in [1.29, 1.82) is 0 Å². The number of hydrogen-bond donors (Lipinski definition) is 0. The first-order valence-electron chi connectivity index (χ1n) is 5.33. The standard InChI is InChI=1S/C11H19NO3/c1-5-8-6-12(10(14)15-8)7-9(13)11(2,3)4/h8H,5-7H2,1-4H3/t8-/m1/s1. The number of Topliss-reactive ketones (excluding diaryl/α,β-unsaturated/α-hetero) is 1. The molecule has 0 saturated carbocycles. The van der Waals surface area contributed by atoms with Gasteiger partial charge in [-0.1, -0.05) is 27.7 Å². The number of nitrogens with zero attached hydrogens (tertiary/aromatic N) is 1. The van der Waals surface area contributed by atoms with Crippen LogP contribution < -0.4 is 0 Å². The van der Waals surface area contributed by atoms with E-state index in [0.29, 0.717) is 6.54 Å². The number of carbonyl (C=O) groups excluding carboxylic acids is 2. The molecule has 1 saturated heterocycles. The highest BCUT2D eigenvalue weighted by molar-refractivity contribution is 5.88. The van der Waals surface area contributed by atoms with Crippen LogP contribution >= 0.6 is 0 Å². The van der Waals surface area contributed by atoms with Crippen molar-refractivity contribution in [3.05, 3.63) is 0 Å². The van der Waals surface area contributed by atoms with Crippen LogP contribution in [0.1, 0.15) is 34.1 Å². The maximum Gasteiger partial charge on any atom is 0.410 e. The number of amides is 1. The van der Waals surface area contributed by atoms with Crippen LogP contribution in [0.5, 0.6) is 0 Å². The largest absolute Gasteiger partial charge is 0.444 e. The second-order valence-electron chi connectivity index (χ2n) is 4.97. The van der Waals surface area contributed by atoms with Gasteiger partial charge in [-0.05, 0) is 6.42 Å². The van der Waals surface area contributed by atoms with Gasteiger partial charge in [0.1, 0.15) is 6.10 Å². The molecular formula is C11H19NO3. The molecule has 1 aliphatic heterocycles. The average molecular weight is 213 g/mol. The van der Waals surface area contributed by atoms with E-state index in [1.807, 2.05) is 27.7 Å². The van der Waals surface area contributed by atoms with Crippen molar-refractivity contribution >= 4 is 11.9 Å². The summed E-state index contributed by atoms with van der Waals surface area (Å²) in [4.78, 5) is 24.6. The number of ether oxygens (including phenoxy) is 1. The number of carbonyl (C=O) groups is 2. The third-order valence-electron chi connectivity index (χ3n) is 2.58. The molecule has 1 amide bonds. The zero-order chi connectivity index (χ0) is 11.6. The lowest BCUT2D eigenvalue weighted by Gasteiger charge is -2.20. The molecule has 0 aromatic rings. The van der Waals surface area contributed by atoms with E-state index in [-0.39, 0.29) is 24.5 Å². The molecule has 4 heteroatoms. The lowest BCUT2D eigenvalue weighted by molar-refractivity contribution is -0.126. The smallest absolute Gasteiger partial charge is 0.410 e. The molecule has 0 aromatic carbocycles. The van der Waals surface area contributed by atoms with Gasteiger partial charge in [-0.25, -0.2) is 4.79 Å². The Labute approximate surface area is 90.6 Å². The molecule has 1 atom stereocenters. The highest BCUT2D eigenvalue weighted by atomic mass is 16.6. The zero-order valence-electron chi connectivity index (χ0n) is 9.87. The van der Waals surface area contributed by atoms with Crippen molar-refractivity contribution in [2.45, 2.75) is 40.2 Å². The molecule has 0 unspecified atom stereocenters. The molecule has 0 radical (unpaired) electrons. The van der Waals surface area contributed by atoms with Crippen molar-refractivity contribution in [3.8, 4) is 0 Å². The quantitative estimate of drug-likeness (QED) is 0.718. The molecule has 1 fully saturated rings. The van der Waals surface area contributed by atoms with Gasteiger partial charge in [0.25, 0.3) is 0 Å². The van der Waals surface area contributed by atoms with Gasteiger partial charge in [-0.3, -0.25) is 9.69 Å². The van der Waals surface area contributed by atoms with Gasteiger partial charge >= 0.3 is 6.09 Å². The fraction of sp³-hybridized carbons (Fsp3) is 0.818. The molecule has 1 rings (SSSR count). The Bertz CT molecular complexity index is 267. The van der Waals surface area contributed by atoms with Crippen molar-refractivity contribution in [1.82, 2.24) is 4.90 Å². The van der Waals surface area contributed by atoms with Crippen LogP contribution in [-0.2, 0) is 9.53 Å². The summed E-state index contributed by atoms with van der Waals surface area (Å²) in [5, 5.41) is 0. The first-order chi connectivity index (χ1) is 6.84. The minimum Gasteiger partial charge on any atom is -0.444 e. The number of cyclic esters (lactones) is 1. The summed E-state index contributed by atoms with van der Waals surface area (Å²) in [5.74, 6) is 0.0659. The van der Waals surface area contributed by atoms with Crippen LogP contribution in [0.2, 0.25) is 0 Å². The topological polar surface area (TPSA) is 46.6 Å². The van der Waals surface area contributed by atoms with Crippen LogP contribution in [0.15, 0.2) is 0 Å². The van der Waals surface area contributed by atoms with E-state index < -0.39 is 5.41 Å². The maximum absolute atomic E-state index is 11.7. The molecule has 0 N–H and O–H groups in total. The molecule has 1 aliphatic rings. The van der Waals surface area contributed by atoms with Gasteiger partial charge < -0.3 is 4.74 Å². The average Bonchev–Trinajstić information content (AvgIpc) is 2.45. The molecule has 0 spiro atoms. The minimum absolute atomic E-state index is 0.0507. The number of ketones is 1. The van der Waals surface area contributed by atoms with E-state index in [9.17, 15) is 9.59 Å². The molecule has 0 aliphatic carbocycles. The fourth-order valence-corrected chi connectivity index (χ4v) is 1.33. The normalized spacial score (nSPS) is 21.7. The first kappa shape index (κ1) is 12.0. The number of rotatable bonds is 3. The molecule has 0 bridgehead atoms. The molecule has 1 heterocycles. The summed E-state index contributed by atoms with van der Waals surface area (Å²) in [7, 11) is 0. The third kappa shape index (κ3) is 2.94. The highest BCUT2D eigenvalue weighted by Gasteiger charge is 2.33. The highest BCUT2D eigenvalue weighted by Crippen LogP contribution is 2.19. The third-order valence-corrected chi connectivity index (χ3v) is 2.58. The first-order valence-corrected chi connectivity index (χ1v) is 5.33. The Hall–Kier alpha value is -1.06. The lowest BCUT2D eigenvalue weighted by atomic mass is 9.90. The lowest BCUT2D eigenvalue weighted by Crippen LogP contribution is -2.36. The van der Waals surface area contributed by atoms with Crippen LogP contribution in [0.4, 0.5) is 4.79 Å². The Balaban J connectivity index is 2.53. The van der Waals surface area contributed by atoms with Crippen molar-refractivity contribution in [2.75, 3.05) is 13.1 Å². The van der Waals surface area contributed by atoms with E-state index in [1.54, 1.807) is 0 Å². The van der Waals surface area contributed by atoms with Gasteiger partial charge in [-0.15, -0.1) is 0 Å². The summed E-state index contributed by atoms with van der Waals surface area (Å²) in [6.07, 6.45) is 0.385. The maximum atomic E-state index is 11.7. The van der Waals surface area contributed by atoms with E-state index in [1.165, 1.54) is 4.90 Å². The van der Waals surface area contributed by atoms with Crippen molar-refractivity contribution in [3.63, 3.8) is 0 Å². The van der Waals surface area contributed by atoms with Crippen molar-refractivity contribution in [2.24, 2.45) is 5.41 Å². The Morgan fingerprint density at radius 1 is 1.53 bits per heavy atom. The Morgan fingerprint density at radius 3 is 2.53 bits per heavy atom. The van der Waals surface area contributed by atoms with E-state index >= 15 is 0 Å². The summed E-state index contributed by atoms with van der Waals surface area (Å²) in [6, 6.07) is 0. The predicted octanol–water partition coefficient (Wildman–Crippen LogP) is 1.83. The minimum atomic E-state index is -0.398. The fourth-order valence-electron chi connectivity index (χ4n) is 1.33. The second kappa shape index (κ2) is 4.21. The van der Waals surface area contributed by atoms with Gasteiger partial charge in [0.2, 0.25) is 0 Å². The van der Waals surface area contributed by atoms with Crippen LogP contribution in [0.3, 0.4) is 0 Å². The van der Waals surface area contributed by atoms with Gasteiger partial charge in [0.05, 0.1) is 13.1 Å². The van der Waals surface area contributed by atoms with E-state index in [2.05, 4.69) is 0 Å². The Kier molecular flexibility index (Phi) is 3.37. The summed E-state index contributed by atoms with van der Waals surface area (Å²) < 4.78 is 5.07. The van der Waals surface area contributed by atoms with Gasteiger partial charge in [0, 0.05) is 5.41 Å². The van der Waals surface area contributed by atoms with Gasteiger partial charge in [0.15, 0.2) is 5.78 Å². The predicted molar refractivity (Wildman–Crippen MR) is 56.6 cm³/mol. The monoisotopic (exact) mass is 213 g/mol. The van der Waals surface area contributed by atoms with Gasteiger partial charge in [-0.2, -0.15) is 0 Å². The molecule has 0 aromatic heterocycles. The van der Waals surface area contributed by atoms with Crippen molar-refractivity contribution < 1.29 is 14.3 Å². The van der Waals surface area contributed by atoms with Crippen LogP contribution in [-0.4, -0.2) is 36.0 Å². The summed E-state index contributed by atoms with van der Waals surface area (Å²) in [6.45, 7) is 8.24. The van der Waals surface area contributed by atoms with E-state index in [0.717, 1.165) is 6.42 Å². The van der Waals surface area contributed by atoms with Crippen LogP contribution in [0.25, 0.3) is 0 Å². The number of hydrogen-bond acceptors (Lipinski definition) is 3. The van der Waals surface area contributed by atoms with E-state index in [4.69, 9.17) is 4.74 Å². The summed E-state index contributed by atoms with van der Waals surface area (Å²) in [5.41, 5.74) is -0.398.